The molecule has 6 heteroatoms. The molecule has 18 heavy (non-hydrogen) atoms. The number of anilines is 1. The number of nitrogens with zero attached hydrogens (tertiary/aromatic N) is 3. The molecule has 0 bridgehead atoms. The Morgan fingerprint density at radius 1 is 1.50 bits per heavy atom. The lowest BCUT2D eigenvalue weighted by Gasteiger charge is -2.12. The van der Waals surface area contributed by atoms with E-state index in [1.165, 1.54) is 0 Å². The molecule has 0 unspecified atom stereocenters. The first-order chi connectivity index (χ1) is 8.54. The third kappa shape index (κ3) is 4.62. The molecule has 0 aliphatic carbocycles. The molecule has 102 valence electrons. The van der Waals surface area contributed by atoms with E-state index in [0.717, 1.165) is 37.4 Å². The van der Waals surface area contributed by atoms with Gasteiger partial charge in [-0.15, -0.1) is 0 Å². The van der Waals surface area contributed by atoms with Gasteiger partial charge in [-0.05, 0) is 53.1 Å². The van der Waals surface area contributed by atoms with Gasteiger partial charge in [0, 0.05) is 13.1 Å². The third-order valence-electron chi connectivity index (χ3n) is 2.72. The minimum absolute atomic E-state index is 0.660. The lowest BCUT2D eigenvalue weighted by atomic mass is 10.4. The highest BCUT2D eigenvalue weighted by Gasteiger charge is 2.06. The summed E-state index contributed by atoms with van der Waals surface area (Å²) in [5.41, 5.74) is 2.08. The zero-order valence-corrected chi connectivity index (χ0v) is 12.5. The molecular formula is C12H23N5S. The van der Waals surface area contributed by atoms with Crippen LogP contribution in [0.4, 0.5) is 5.69 Å². The van der Waals surface area contributed by atoms with Gasteiger partial charge in [-0.2, -0.15) is 5.10 Å². The van der Waals surface area contributed by atoms with Crippen molar-refractivity contribution in [2.24, 2.45) is 0 Å². The van der Waals surface area contributed by atoms with Crippen LogP contribution in [0.1, 0.15) is 19.0 Å². The summed E-state index contributed by atoms with van der Waals surface area (Å²) in [5, 5.41) is 11.3. The fraction of sp³-hybridized carbons (Fsp3) is 0.667. The van der Waals surface area contributed by atoms with Crippen molar-refractivity contribution in [2.45, 2.75) is 26.8 Å². The van der Waals surface area contributed by atoms with E-state index in [1.807, 2.05) is 17.8 Å². The Kier molecular flexibility index (Phi) is 6.07. The number of hydrogen-bond acceptors (Lipinski definition) is 3. The first kappa shape index (κ1) is 14.9. The van der Waals surface area contributed by atoms with Crippen molar-refractivity contribution in [3.05, 3.63) is 11.9 Å². The summed E-state index contributed by atoms with van der Waals surface area (Å²) in [5.74, 6) is 0. The van der Waals surface area contributed by atoms with Crippen molar-refractivity contribution >= 4 is 23.0 Å². The van der Waals surface area contributed by atoms with Gasteiger partial charge in [0.05, 0.1) is 17.6 Å². The monoisotopic (exact) mass is 269 g/mol. The SMILES string of the molecule is CCn1ncc(NC(=S)NCCCN(C)C)c1C. The van der Waals surface area contributed by atoms with Crippen molar-refractivity contribution in [3.63, 3.8) is 0 Å². The second-order valence-corrected chi connectivity index (χ2v) is 4.91. The van der Waals surface area contributed by atoms with Gasteiger partial charge in [0.1, 0.15) is 0 Å². The predicted molar refractivity (Wildman–Crippen MR) is 80.0 cm³/mol. The molecule has 2 N–H and O–H groups in total. The van der Waals surface area contributed by atoms with Crippen molar-refractivity contribution in [1.29, 1.82) is 0 Å². The van der Waals surface area contributed by atoms with Crippen LogP contribution >= 0.6 is 12.2 Å². The number of aromatic nitrogens is 2. The molecule has 0 aliphatic rings. The Morgan fingerprint density at radius 2 is 2.22 bits per heavy atom. The van der Waals surface area contributed by atoms with E-state index >= 15 is 0 Å². The largest absolute Gasteiger partial charge is 0.362 e. The quantitative estimate of drug-likeness (QED) is 0.604. The zero-order chi connectivity index (χ0) is 13.5. The van der Waals surface area contributed by atoms with Crippen molar-refractivity contribution in [1.82, 2.24) is 20.0 Å². The van der Waals surface area contributed by atoms with Crippen LogP contribution in [0.25, 0.3) is 0 Å². The maximum Gasteiger partial charge on any atom is 0.170 e. The summed E-state index contributed by atoms with van der Waals surface area (Å²) >= 11 is 5.25. The minimum Gasteiger partial charge on any atom is -0.362 e. The number of rotatable bonds is 6. The van der Waals surface area contributed by atoms with Gasteiger partial charge >= 0.3 is 0 Å². The average Bonchev–Trinajstić information content (AvgIpc) is 2.66. The molecule has 0 amide bonds. The molecule has 0 aromatic carbocycles. The van der Waals surface area contributed by atoms with Crippen LogP contribution in [0.3, 0.4) is 0 Å². The summed E-state index contributed by atoms with van der Waals surface area (Å²) in [6.07, 6.45) is 2.88. The summed E-state index contributed by atoms with van der Waals surface area (Å²) in [4.78, 5) is 2.16. The van der Waals surface area contributed by atoms with E-state index in [0.29, 0.717) is 5.11 Å². The average molecular weight is 269 g/mol. The number of aryl methyl sites for hydroxylation is 1. The molecule has 0 aliphatic heterocycles. The Balaban J connectivity index is 2.33. The molecule has 0 saturated heterocycles. The molecule has 0 fully saturated rings. The predicted octanol–water partition coefficient (Wildman–Crippen LogP) is 1.45. The van der Waals surface area contributed by atoms with E-state index in [-0.39, 0.29) is 0 Å². The van der Waals surface area contributed by atoms with Crippen molar-refractivity contribution in [3.8, 4) is 0 Å². The fourth-order valence-corrected chi connectivity index (χ4v) is 1.86. The Labute approximate surface area is 115 Å². The lowest BCUT2D eigenvalue weighted by Crippen LogP contribution is -2.31. The standard InChI is InChI=1S/C12H23N5S/c1-5-17-10(2)11(9-14-17)15-12(18)13-7-6-8-16(3)4/h9H,5-8H2,1-4H3,(H2,13,15,18). The van der Waals surface area contributed by atoms with Crippen LogP contribution in [-0.4, -0.2) is 47.0 Å². The Bertz CT molecular complexity index is 386. The summed E-state index contributed by atoms with van der Waals surface area (Å²) in [6, 6.07) is 0. The van der Waals surface area contributed by atoms with Gasteiger partial charge in [-0.25, -0.2) is 0 Å². The van der Waals surface area contributed by atoms with Crippen molar-refractivity contribution < 1.29 is 0 Å². The molecule has 5 nitrogen and oxygen atoms in total. The molecule has 1 heterocycles. The molecule has 1 rings (SSSR count). The second kappa shape index (κ2) is 7.33. The van der Waals surface area contributed by atoms with Crippen LogP contribution in [0, 0.1) is 6.92 Å². The van der Waals surface area contributed by atoms with Gasteiger partial charge in [-0.1, -0.05) is 0 Å². The first-order valence-electron chi connectivity index (χ1n) is 6.26. The molecule has 0 radical (unpaired) electrons. The smallest absolute Gasteiger partial charge is 0.170 e. The van der Waals surface area contributed by atoms with E-state index < -0.39 is 0 Å². The van der Waals surface area contributed by atoms with E-state index in [9.17, 15) is 0 Å². The Morgan fingerprint density at radius 3 is 2.78 bits per heavy atom. The van der Waals surface area contributed by atoms with Crippen LogP contribution in [0.5, 0.6) is 0 Å². The summed E-state index contributed by atoms with van der Waals surface area (Å²) < 4.78 is 1.94. The van der Waals surface area contributed by atoms with Gasteiger partial charge < -0.3 is 15.5 Å². The van der Waals surface area contributed by atoms with E-state index in [2.05, 4.69) is 41.7 Å². The molecule has 0 saturated carbocycles. The van der Waals surface area contributed by atoms with Crippen LogP contribution in [0.15, 0.2) is 6.20 Å². The lowest BCUT2D eigenvalue weighted by molar-refractivity contribution is 0.400. The fourth-order valence-electron chi connectivity index (χ4n) is 1.65. The molecule has 1 aromatic rings. The molecule has 0 spiro atoms. The zero-order valence-electron chi connectivity index (χ0n) is 11.7. The van der Waals surface area contributed by atoms with Gasteiger partial charge in [0.15, 0.2) is 5.11 Å². The first-order valence-corrected chi connectivity index (χ1v) is 6.67. The maximum atomic E-state index is 5.25. The maximum absolute atomic E-state index is 5.25. The summed E-state index contributed by atoms with van der Waals surface area (Å²) in [6.45, 7) is 6.92. The third-order valence-corrected chi connectivity index (χ3v) is 2.96. The van der Waals surface area contributed by atoms with Gasteiger partial charge in [-0.3, -0.25) is 4.68 Å². The normalized spacial score (nSPS) is 10.7. The second-order valence-electron chi connectivity index (χ2n) is 4.50. The number of hydrogen-bond donors (Lipinski definition) is 2. The van der Waals surface area contributed by atoms with E-state index in [1.54, 1.807) is 0 Å². The van der Waals surface area contributed by atoms with Crippen LogP contribution in [-0.2, 0) is 6.54 Å². The molecule has 0 atom stereocenters. The van der Waals surface area contributed by atoms with Gasteiger partial charge in [0.25, 0.3) is 0 Å². The van der Waals surface area contributed by atoms with E-state index in [4.69, 9.17) is 12.2 Å². The van der Waals surface area contributed by atoms with Crippen LogP contribution < -0.4 is 10.6 Å². The minimum atomic E-state index is 0.660. The summed E-state index contributed by atoms with van der Waals surface area (Å²) in [7, 11) is 4.14. The van der Waals surface area contributed by atoms with Crippen molar-refractivity contribution in [2.75, 3.05) is 32.5 Å². The van der Waals surface area contributed by atoms with Crippen LogP contribution in [0.2, 0.25) is 0 Å². The highest BCUT2D eigenvalue weighted by molar-refractivity contribution is 7.80. The molecule has 1 aromatic heterocycles. The molecular weight excluding hydrogens is 246 g/mol. The highest BCUT2D eigenvalue weighted by atomic mass is 32.1. The number of thiocarbonyl (C=S) groups is 1. The number of nitrogens with one attached hydrogen (secondary N) is 2. The van der Waals surface area contributed by atoms with Gasteiger partial charge in [0.2, 0.25) is 0 Å². The highest BCUT2D eigenvalue weighted by Crippen LogP contribution is 2.12. The Hall–Kier alpha value is -1.14. The topological polar surface area (TPSA) is 45.1 Å².